The van der Waals surface area contributed by atoms with Crippen LogP contribution in [0, 0.1) is 0 Å². The monoisotopic (exact) mass is 321 g/mol. The number of aromatic carboxylic acids is 1. The maximum absolute atomic E-state index is 11.0. The van der Waals surface area contributed by atoms with E-state index in [0.717, 1.165) is 38.0 Å². The number of carboxylic acids is 1. The first-order chi connectivity index (χ1) is 11.0. The van der Waals surface area contributed by atoms with Gasteiger partial charge in [0.2, 0.25) is 0 Å². The van der Waals surface area contributed by atoms with Gasteiger partial charge in [0, 0.05) is 0 Å². The summed E-state index contributed by atoms with van der Waals surface area (Å²) < 4.78 is 0. The lowest BCUT2D eigenvalue weighted by Gasteiger charge is -2.22. The summed E-state index contributed by atoms with van der Waals surface area (Å²) in [5, 5.41) is 9.05. The van der Waals surface area contributed by atoms with Crippen molar-refractivity contribution in [1.82, 2.24) is 4.90 Å². The summed E-state index contributed by atoms with van der Waals surface area (Å²) in [6.07, 6.45) is 6.71. The predicted molar refractivity (Wildman–Crippen MR) is 96.8 cm³/mol. The van der Waals surface area contributed by atoms with Crippen molar-refractivity contribution in [3.05, 3.63) is 23.3 Å². The molecule has 130 valence electrons. The van der Waals surface area contributed by atoms with Crippen molar-refractivity contribution in [1.29, 1.82) is 0 Å². The van der Waals surface area contributed by atoms with Crippen LogP contribution < -0.4 is 11.5 Å². The number of aryl methyl sites for hydroxylation is 1. The van der Waals surface area contributed by atoms with E-state index in [4.69, 9.17) is 16.6 Å². The molecule has 0 radical (unpaired) electrons. The molecule has 0 amide bonds. The van der Waals surface area contributed by atoms with E-state index in [1.165, 1.54) is 25.7 Å². The highest BCUT2D eigenvalue weighted by atomic mass is 16.4. The SMILES string of the molecule is CCCCN(CCCC)CCCc1ccc(C(=O)O)c(N)c1N. The first-order valence-electron chi connectivity index (χ1n) is 8.63. The molecule has 0 aromatic heterocycles. The predicted octanol–water partition coefficient (Wildman–Crippen LogP) is 3.38. The van der Waals surface area contributed by atoms with E-state index in [1.54, 1.807) is 12.1 Å². The standard InChI is InChI=1S/C18H31N3O2/c1-3-5-11-21(12-6-4-2)13-7-8-14-9-10-15(18(22)23)17(20)16(14)19/h9-10H,3-8,11-13,19-20H2,1-2H3,(H,22,23). The maximum atomic E-state index is 11.0. The molecule has 1 aromatic carbocycles. The zero-order chi connectivity index (χ0) is 17.2. The van der Waals surface area contributed by atoms with Crippen molar-refractivity contribution in [3.63, 3.8) is 0 Å². The molecule has 0 bridgehead atoms. The van der Waals surface area contributed by atoms with Crippen LogP contribution >= 0.6 is 0 Å². The molecule has 0 heterocycles. The molecule has 0 saturated heterocycles. The Kier molecular flexibility index (Phi) is 8.48. The van der Waals surface area contributed by atoms with E-state index in [1.807, 2.05) is 0 Å². The second-order valence-corrected chi connectivity index (χ2v) is 6.06. The molecular weight excluding hydrogens is 290 g/mol. The van der Waals surface area contributed by atoms with E-state index in [-0.39, 0.29) is 11.3 Å². The first-order valence-corrected chi connectivity index (χ1v) is 8.63. The van der Waals surface area contributed by atoms with Crippen LogP contribution in [0.1, 0.15) is 61.9 Å². The Hall–Kier alpha value is -1.75. The van der Waals surface area contributed by atoms with Crippen LogP contribution in [0.15, 0.2) is 12.1 Å². The molecule has 0 aliphatic rings. The summed E-state index contributed by atoms with van der Waals surface area (Å²) in [6, 6.07) is 3.34. The molecular formula is C18H31N3O2. The van der Waals surface area contributed by atoms with E-state index >= 15 is 0 Å². The summed E-state index contributed by atoms with van der Waals surface area (Å²) in [7, 11) is 0. The Labute approximate surface area is 139 Å². The summed E-state index contributed by atoms with van der Waals surface area (Å²) in [5.74, 6) is -1.04. The fourth-order valence-corrected chi connectivity index (χ4v) is 2.68. The number of rotatable bonds is 11. The Morgan fingerprint density at radius 1 is 1.00 bits per heavy atom. The third-order valence-corrected chi connectivity index (χ3v) is 4.18. The van der Waals surface area contributed by atoms with Crippen molar-refractivity contribution in [2.24, 2.45) is 0 Å². The molecule has 5 nitrogen and oxygen atoms in total. The number of hydrogen-bond donors (Lipinski definition) is 3. The van der Waals surface area contributed by atoms with E-state index in [2.05, 4.69) is 18.7 Å². The minimum absolute atomic E-state index is 0.0822. The molecule has 0 spiro atoms. The van der Waals surface area contributed by atoms with Gasteiger partial charge in [0.05, 0.1) is 16.9 Å². The highest BCUT2D eigenvalue weighted by molar-refractivity contribution is 5.97. The number of nitrogens with two attached hydrogens (primary N) is 2. The number of carbonyl (C=O) groups is 1. The van der Waals surface area contributed by atoms with Gasteiger partial charge in [-0.15, -0.1) is 0 Å². The van der Waals surface area contributed by atoms with Crippen LogP contribution in [0.4, 0.5) is 11.4 Å². The van der Waals surface area contributed by atoms with Gasteiger partial charge in [0.1, 0.15) is 0 Å². The molecule has 0 aliphatic carbocycles. The molecule has 0 unspecified atom stereocenters. The lowest BCUT2D eigenvalue weighted by atomic mass is 10.0. The fraction of sp³-hybridized carbons (Fsp3) is 0.611. The van der Waals surface area contributed by atoms with Crippen LogP contribution in [0.2, 0.25) is 0 Å². The van der Waals surface area contributed by atoms with Gasteiger partial charge in [-0.1, -0.05) is 32.8 Å². The summed E-state index contributed by atoms with van der Waals surface area (Å²) in [5.41, 5.74) is 13.5. The quantitative estimate of drug-likeness (QED) is 0.543. The summed E-state index contributed by atoms with van der Waals surface area (Å²) >= 11 is 0. The van der Waals surface area contributed by atoms with Gasteiger partial charge >= 0.3 is 5.97 Å². The van der Waals surface area contributed by atoms with Gasteiger partial charge in [-0.3, -0.25) is 0 Å². The molecule has 0 fully saturated rings. The Morgan fingerprint density at radius 3 is 2.09 bits per heavy atom. The third kappa shape index (κ3) is 6.10. The van der Waals surface area contributed by atoms with E-state index < -0.39 is 5.97 Å². The van der Waals surface area contributed by atoms with Gasteiger partial charge in [-0.05, 0) is 56.9 Å². The van der Waals surface area contributed by atoms with Gasteiger partial charge in [-0.25, -0.2) is 4.79 Å². The van der Waals surface area contributed by atoms with Crippen LogP contribution in [-0.2, 0) is 6.42 Å². The number of anilines is 2. The third-order valence-electron chi connectivity index (χ3n) is 4.18. The molecule has 1 rings (SSSR count). The molecule has 5 N–H and O–H groups in total. The fourth-order valence-electron chi connectivity index (χ4n) is 2.68. The topological polar surface area (TPSA) is 92.6 Å². The smallest absolute Gasteiger partial charge is 0.337 e. The maximum Gasteiger partial charge on any atom is 0.337 e. The number of unbranched alkanes of at least 4 members (excludes halogenated alkanes) is 2. The van der Waals surface area contributed by atoms with Gasteiger partial charge in [-0.2, -0.15) is 0 Å². The van der Waals surface area contributed by atoms with Crippen molar-refractivity contribution < 1.29 is 9.90 Å². The average Bonchev–Trinajstić information content (AvgIpc) is 2.53. The Bertz CT molecular complexity index is 495. The molecule has 0 saturated carbocycles. The number of carboxylic acid groups (broad SMARTS) is 1. The van der Waals surface area contributed by atoms with Crippen LogP contribution in [0.3, 0.4) is 0 Å². The lowest BCUT2D eigenvalue weighted by Crippen LogP contribution is -2.27. The summed E-state index contributed by atoms with van der Waals surface area (Å²) in [6.45, 7) is 7.76. The zero-order valence-electron chi connectivity index (χ0n) is 14.5. The van der Waals surface area contributed by atoms with Crippen molar-refractivity contribution in [3.8, 4) is 0 Å². The van der Waals surface area contributed by atoms with Gasteiger partial charge in [0.15, 0.2) is 0 Å². The van der Waals surface area contributed by atoms with Crippen molar-refractivity contribution in [2.45, 2.75) is 52.4 Å². The normalized spacial score (nSPS) is 11.1. The van der Waals surface area contributed by atoms with Crippen molar-refractivity contribution >= 4 is 17.3 Å². The Balaban J connectivity index is 2.59. The largest absolute Gasteiger partial charge is 0.478 e. The molecule has 23 heavy (non-hydrogen) atoms. The first kappa shape index (κ1) is 19.3. The number of benzene rings is 1. The van der Waals surface area contributed by atoms with E-state index in [0.29, 0.717) is 5.69 Å². The number of nitrogens with zero attached hydrogens (tertiary/aromatic N) is 1. The highest BCUT2D eigenvalue weighted by Crippen LogP contribution is 2.25. The van der Waals surface area contributed by atoms with Gasteiger partial charge in [0.25, 0.3) is 0 Å². The second kappa shape index (κ2) is 10.1. The van der Waals surface area contributed by atoms with Crippen molar-refractivity contribution in [2.75, 3.05) is 31.1 Å². The molecule has 0 atom stereocenters. The molecule has 5 heteroatoms. The highest BCUT2D eigenvalue weighted by Gasteiger charge is 2.13. The number of nitrogen functional groups attached to an aromatic ring is 2. The minimum Gasteiger partial charge on any atom is -0.478 e. The summed E-state index contributed by atoms with van der Waals surface area (Å²) in [4.78, 5) is 13.6. The van der Waals surface area contributed by atoms with E-state index in [9.17, 15) is 4.79 Å². The number of hydrogen-bond acceptors (Lipinski definition) is 4. The average molecular weight is 321 g/mol. The zero-order valence-corrected chi connectivity index (χ0v) is 14.5. The molecule has 1 aromatic rings. The van der Waals surface area contributed by atoms with Gasteiger partial charge < -0.3 is 21.5 Å². The molecule has 0 aliphatic heterocycles. The minimum atomic E-state index is -1.04. The second-order valence-electron chi connectivity index (χ2n) is 6.06. The lowest BCUT2D eigenvalue weighted by molar-refractivity contribution is 0.0698. The van der Waals surface area contributed by atoms with Crippen LogP contribution in [-0.4, -0.2) is 35.6 Å². The van der Waals surface area contributed by atoms with Crippen LogP contribution in [0.5, 0.6) is 0 Å². The Morgan fingerprint density at radius 2 is 1.57 bits per heavy atom. The van der Waals surface area contributed by atoms with Crippen LogP contribution in [0.25, 0.3) is 0 Å².